The molecule has 2 aromatic carbocycles. The fourth-order valence-corrected chi connectivity index (χ4v) is 3.12. The topological polar surface area (TPSA) is 95.9 Å². The van der Waals surface area contributed by atoms with E-state index in [2.05, 4.69) is 5.32 Å². The van der Waals surface area contributed by atoms with Gasteiger partial charge in [0.2, 0.25) is 0 Å². The summed E-state index contributed by atoms with van der Waals surface area (Å²) in [6.07, 6.45) is 1.89. The van der Waals surface area contributed by atoms with E-state index < -0.39 is 17.8 Å². The first-order valence-electron chi connectivity index (χ1n) is 8.43. The van der Waals surface area contributed by atoms with Crippen LogP contribution in [0.4, 0.5) is 10.5 Å². The fraction of sp³-hybridized carbons (Fsp3) is 0.150. The number of carbonyl (C=O) groups excluding carboxylic acids is 3. The molecule has 1 aliphatic rings. The Morgan fingerprint density at radius 2 is 1.93 bits per heavy atom. The maximum atomic E-state index is 13.0. The molecule has 1 heterocycles. The quantitative estimate of drug-likeness (QED) is 0.606. The number of urea groups is 1. The highest BCUT2D eigenvalue weighted by atomic mass is 35.5. The molecule has 8 heteroatoms. The zero-order valence-electron chi connectivity index (χ0n) is 15.2. The summed E-state index contributed by atoms with van der Waals surface area (Å²) in [6.45, 7) is 1.90. The van der Waals surface area contributed by atoms with Gasteiger partial charge in [-0.1, -0.05) is 36.7 Å². The Bertz CT molecular complexity index is 1020. The van der Waals surface area contributed by atoms with Crippen molar-refractivity contribution in [3.63, 3.8) is 0 Å². The normalized spacial score (nSPS) is 15.8. The number of para-hydroxylation sites is 1. The zero-order valence-corrected chi connectivity index (χ0v) is 15.9. The fourth-order valence-electron chi connectivity index (χ4n) is 2.90. The van der Waals surface area contributed by atoms with Crippen molar-refractivity contribution >= 4 is 41.2 Å². The van der Waals surface area contributed by atoms with Crippen LogP contribution >= 0.6 is 11.6 Å². The van der Waals surface area contributed by atoms with E-state index in [-0.39, 0.29) is 22.1 Å². The number of amides is 4. The molecule has 3 rings (SSSR count). The van der Waals surface area contributed by atoms with Gasteiger partial charge in [-0.3, -0.25) is 14.9 Å². The van der Waals surface area contributed by atoms with Crippen molar-refractivity contribution in [3.05, 3.63) is 58.1 Å². The minimum atomic E-state index is -0.816. The molecule has 144 valence electrons. The summed E-state index contributed by atoms with van der Waals surface area (Å²) < 4.78 is 5.03. The Kier molecular flexibility index (Phi) is 5.37. The molecule has 7 nitrogen and oxygen atoms in total. The number of hydrogen-bond donors (Lipinski definition) is 2. The van der Waals surface area contributed by atoms with E-state index in [1.165, 1.54) is 25.3 Å². The number of rotatable bonds is 4. The number of aryl methyl sites for hydroxylation is 1. The predicted molar refractivity (Wildman–Crippen MR) is 104 cm³/mol. The van der Waals surface area contributed by atoms with Gasteiger partial charge in [0, 0.05) is 0 Å². The van der Waals surface area contributed by atoms with Crippen molar-refractivity contribution in [1.82, 2.24) is 5.32 Å². The molecule has 0 radical (unpaired) electrons. The summed E-state index contributed by atoms with van der Waals surface area (Å²) in [6, 6.07) is 8.96. The van der Waals surface area contributed by atoms with Crippen LogP contribution in [0, 0.1) is 0 Å². The number of carbonyl (C=O) groups is 3. The molecule has 4 amide bonds. The van der Waals surface area contributed by atoms with Gasteiger partial charge in [-0.05, 0) is 41.8 Å². The van der Waals surface area contributed by atoms with Gasteiger partial charge in [0.1, 0.15) is 5.57 Å². The number of hydrogen-bond acceptors (Lipinski definition) is 5. The van der Waals surface area contributed by atoms with E-state index in [0.717, 1.165) is 10.5 Å². The minimum Gasteiger partial charge on any atom is -0.503 e. The van der Waals surface area contributed by atoms with E-state index >= 15 is 0 Å². The van der Waals surface area contributed by atoms with Gasteiger partial charge in [0.25, 0.3) is 11.8 Å². The second-order valence-electron chi connectivity index (χ2n) is 5.99. The van der Waals surface area contributed by atoms with E-state index in [1.807, 2.05) is 6.92 Å². The third-order valence-corrected chi connectivity index (χ3v) is 4.58. The lowest BCUT2D eigenvalue weighted by molar-refractivity contribution is -0.122. The number of benzene rings is 2. The standard InChI is InChI=1S/C20H17ClN2O5/c1-3-12-6-4-5-7-15(12)23-19(26)13(18(25)22-20(23)27)8-11-9-14(21)17(24)16(10-11)28-2/h4-10,24H,3H2,1-2H3,(H,22,25,27). The number of phenols is 1. The third-order valence-electron chi connectivity index (χ3n) is 4.30. The Balaban J connectivity index is 2.08. The SMILES string of the molecule is CCc1ccccc1N1C(=O)NC(=O)C(=Cc2cc(Cl)c(O)c(OC)c2)C1=O. The Morgan fingerprint density at radius 1 is 1.21 bits per heavy atom. The summed E-state index contributed by atoms with van der Waals surface area (Å²) in [5.74, 6) is -1.73. The van der Waals surface area contributed by atoms with Crippen LogP contribution in [0.15, 0.2) is 42.0 Å². The van der Waals surface area contributed by atoms with E-state index in [9.17, 15) is 19.5 Å². The zero-order chi connectivity index (χ0) is 20.4. The molecule has 0 aliphatic carbocycles. The number of barbiturate groups is 1. The van der Waals surface area contributed by atoms with Crippen molar-refractivity contribution in [3.8, 4) is 11.5 Å². The molecule has 2 aromatic rings. The monoisotopic (exact) mass is 400 g/mol. The van der Waals surface area contributed by atoms with Gasteiger partial charge in [0.05, 0.1) is 17.8 Å². The van der Waals surface area contributed by atoms with Gasteiger partial charge in [-0.25, -0.2) is 9.69 Å². The maximum absolute atomic E-state index is 13.0. The largest absolute Gasteiger partial charge is 0.503 e. The molecule has 0 unspecified atom stereocenters. The molecule has 2 N–H and O–H groups in total. The molecule has 0 spiro atoms. The smallest absolute Gasteiger partial charge is 0.335 e. The van der Waals surface area contributed by atoms with Crippen LogP contribution in [0.2, 0.25) is 5.02 Å². The van der Waals surface area contributed by atoms with Gasteiger partial charge in [-0.2, -0.15) is 0 Å². The van der Waals surface area contributed by atoms with Gasteiger partial charge < -0.3 is 9.84 Å². The predicted octanol–water partition coefficient (Wildman–Crippen LogP) is 3.28. The summed E-state index contributed by atoms with van der Waals surface area (Å²) in [4.78, 5) is 38.6. The van der Waals surface area contributed by atoms with Crippen molar-refractivity contribution in [2.45, 2.75) is 13.3 Å². The molecule has 0 atom stereocenters. The van der Waals surface area contributed by atoms with Crippen LogP contribution < -0.4 is 15.0 Å². The number of imide groups is 2. The van der Waals surface area contributed by atoms with E-state index in [0.29, 0.717) is 17.7 Å². The van der Waals surface area contributed by atoms with E-state index in [1.54, 1.807) is 24.3 Å². The van der Waals surface area contributed by atoms with Crippen LogP contribution in [-0.4, -0.2) is 30.1 Å². The molecule has 0 saturated carbocycles. The van der Waals surface area contributed by atoms with Crippen molar-refractivity contribution < 1.29 is 24.2 Å². The molecule has 0 aromatic heterocycles. The summed E-state index contributed by atoms with van der Waals surface area (Å²) in [5.41, 5.74) is 1.31. The first kappa shape index (κ1) is 19.4. The lowest BCUT2D eigenvalue weighted by atomic mass is 10.0. The number of anilines is 1. The second kappa shape index (κ2) is 7.74. The molecule has 1 aliphatic heterocycles. The van der Waals surface area contributed by atoms with Gasteiger partial charge in [-0.15, -0.1) is 0 Å². The van der Waals surface area contributed by atoms with Crippen molar-refractivity contribution in [2.75, 3.05) is 12.0 Å². The van der Waals surface area contributed by atoms with Crippen molar-refractivity contribution in [1.29, 1.82) is 0 Å². The van der Waals surface area contributed by atoms with Crippen LogP contribution in [-0.2, 0) is 16.0 Å². The number of phenolic OH excluding ortho intramolecular Hbond substituents is 1. The first-order valence-corrected chi connectivity index (χ1v) is 8.81. The molecular formula is C20H17ClN2O5. The summed E-state index contributed by atoms with van der Waals surface area (Å²) >= 11 is 5.97. The molecular weight excluding hydrogens is 384 g/mol. The molecule has 0 bridgehead atoms. The highest BCUT2D eigenvalue weighted by molar-refractivity contribution is 6.39. The Morgan fingerprint density at radius 3 is 2.61 bits per heavy atom. The molecule has 1 saturated heterocycles. The average molecular weight is 401 g/mol. The van der Waals surface area contributed by atoms with Gasteiger partial charge in [0.15, 0.2) is 11.5 Å². The lowest BCUT2D eigenvalue weighted by Gasteiger charge is -2.28. The lowest BCUT2D eigenvalue weighted by Crippen LogP contribution is -2.54. The highest BCUT2D eigenvalue weighted by Crippen LogP contribution is 2.36. The van der Waals surface area contributed by atoms with Crippen LogP contribution in [0.3, 0.4) is 0 Å². The number of ether oxygens (including phenoxy) is 1. The molecule has 1 fully saturated rings. The highest BCUT2D eigenvalue weighted by Gasteiger charge is 2.37. The number of halogens is 1. The summed E-state index contributed by atoms with van der Waals surface area (Å²) in [7, 11) is 1.35. The van der Waals surface area contributed by atoms with Crippen LogP contribution in [0.25, 0.3) is 6.08 Å². The summed E-state index contributed by atoms with van der Waals surface area (Å²) in [5, 5.41) is 12.0. The van der Waals surface area contributed by atoms with Crippen LogP contribution in [0.5, 0.6) is 11.5 Å². The minimum absolute atomic E-state index is 0.000808. The number of nitrogens with zero attached hydrogens (tertiary/aromatic N) is 1. The van der Waals surface area contributed by atoms with Crippen LogP contribution in [0.1, 0.15) is 18.1 Å². The number of nitrogens with one attached hydrogen (secondary N) is 1. The first-order chi connectivity index (χ1) is 13.4. The number of methoxy groups -OCH3 is 1. The average Bonchev–Trinajstić information content (AvgIpc) is 2.67. The maximum Gasteiger partial charge on any atom is 0.335 e. The Hall–Kier alpha value is -3.32. The number of aromatic hydroxyl groups is 1. The Labute approximate surface area is 166 Å². The molecule has 28 heavy (non-hydrogen) atoms. The third kappa shape index (κ3) is 3.44. The van der Waals surface area contributed by atoms with Gasteiger partial charge >= 0.3 is 6.03 Å². The van der Waals surface area contributed by atoms with E-state index in [4.69, 9.17) is 16.3 Å². The second-order valence-corrected chi connectivity index (χ2v) is 6.40. The van der Waals surface area contributed by atoms with Crippen molar-refractivity contribution in [2.24, 2.45) is 0 Å².